The smallest absolute Gasteiger partial charge is 0.127 e. The van der Waals surface area contributed by atoms with Gasteiger partial charge >= 0.3 is 0 Å². The van der Waals surface area contributed by atoms with Crippen molar-refractivity contribution in [3.05, 3.63) is 23.8 Å². The second-order valence-electron chi connectivity index (χ2n) is 8.63. The summed E-state index contributed by atoms with van der Waals surface area (Å²) in [6.45, 7) is 4.18. The third-order valence-corrected chi connectivity index (χ3v) is 7.59. The van der Waals surface area contributed by atoms with Gasteiger partial charge in [-0.15, -0.1) is 0 Å². The summed E-state index contributed by atoms with van der Waals surface area (Å²) in [5, 5.41) is 31.0. The van der Waals surface area contributed by atoms with Crippen LogP contribution in [0.4, 0.5) is 4.39 Å². The lowest BCUT2D eigenvalue weighted by Crippen LogP contribution is -2.54. The average Bonchev–Trinajstić information content (AvgIpc) is 2.73. The summed E-state index contributed by atoms with van der Waals surface area (Å²) in [6.07, 6.45) is 5.28. The Morgan fingerprint density at radius 3 is 2.65 bits per heavy atom. The van der Waals surface area contributed by atoms with Crippen LogP contribution in [0.2, 0.25) is 0 Å². The monoisotopic (exact) mass is 322 g/mol. The van der Waals surface area contributed by atoms with E-state index in [0.29, 0.717) is 12.8 Å². The number of hydrogen-bond donors (Lipinski definition) is 3. The standard InChI is InChI=1S/C19H27FO3/c1-18-5-3-11(21)7-10(18)8-15(22)16-12(18)4-6-19(2)13(16)9-14(20)17(19)23/h3,5,8,11-17,21-23H,4,6-7,9H2,1-2H3/t11?,12-,13+,14?,15?,16-,17?,18+,19+/m1/s1. The molecule has 0 aromatic heterocycles. The molecular formula is C19H27FO3. The van der Waals surface area contributed by atoms with Crippen molar-refractivity contribution < 1.29 is 19.7 Å². The molecule has 4 rings (SSSR count). The average molecular weight is 322 g/mol. The van der Waals surface area contributed by atoms with E-state index in [1.54, 1.807) is 0 Å². The van der Waals surface area contributed by atoms with E-state index in [1.807, 2.05) is 19.1 Å². The molecule has 2 fully saturated rings. The van der Waals surface area contributed by atoms with Gasteiger partial charge in [0.1, 0.15) is 6.17 Å². The van der Waals surface area contributed by atoms with Crippen LogP contribution in [-0.4, -0.2) is 39.8 Å². The van der Waals surface area contributed by atoms with Crippen molar-refractivity contribution in [2.45, 2.75) is 64.0 Å². The minimum Gasteiger partial charge on any atom is -0.390 e. The van der Waals surface area contributed by atoms with Gasteiger partial charge in [0, 0.05) is 5.41 Å². The molecule has 3 N–H and O–H groups in total. The van der Waals surface area contributed by atoms with Gasteiger partial charge in [0.05, 0.1) is 18.3 Å². The van der Waals surface area contributed by atoms with Crippen LogP contribution in [0.1, 0.15) is 39.5 Å². The highest BCUT2D eigenvalue weighted by molar-refractivity contribution is 5.34. The number of hydrogen-bond acceptors (Lipinski definition) is 3. The fourth-order valence-corrected chi connectivity index (χ4v) is 6.18. The van der Waals surface area contributed by atoms with Crippen LogP contribution in [0.25, 0.3) is 0 Å². The second-order valence-corrected chi connectivity index (χ2v) is 8.63. The molecule has 0 spiro atoms. The summed E-state index contributed by atoms with van der Waals surface area (Å²) >= 11 is 0. The van der Waals surface area contributed by atoms with Crippen LogP contribution in [0, 0.1) is 28.6 Å². The highest BCUT2D eigenvalue weighted by atomic mass is 19.1. The number of aliphatic hydroxyl groups excluding tert-OH is 3. The van der Waals surface area contributed by atoms with E-state index in [-0.39, 0.29) is 23.2 Å². The van der Waals surface area contributed by atoms with E-state index in [9.17, 15) is 19.7 Å². The minimum absolute atomic E-state index is 0.0103. The zero-order chi connectivity index (χ0) is 16.6. The molecule has 0 aliphatic heterocycles. The van der Waals surface area contributed by atoms with E-state index in [0.717, 1.165) is 18.4 Å². The summed E-state index contributed by atoms with van der Waals surface area (Å²) in [5.74, 6) is 0.241. The normalized spacial score (nSPS) is 58.2. The zero-order valence-corrected chi connectivity index (χ0v) is 13.8. The molecule has 4 aliphatic carbocycles. The molecule has 0 heterocycles. The largest absolute Gasteiger partial charge is 0.390 e. The molecule has 128 valence electrons. The van der Waals surface area contributed by atoms with Gasteiger partial charge in [-0.25, -0.2) is 4.39 Å². The molecular weight excluding hydrogens is 295 g/mol. The molecule has 4 aliphatic rings. The van der Waals surface area contributed by atoms with Crippen LogP contribution >= 0.6 is 0 Å². The maximum atomic E-state index is 14.2. The first-order valence-corrected chi connectivity index (χ1v) is 8.86. The Kier molecular flexibility index (Phi) is 3.37. The first-order valence-electron chi connectivity index (χ1n) is 8.86. The topological polar surface area (TPSA) is 60.7 Å². The van der Waals surface area contributed by atoms with E-state index in [4.69, 9.17) is 0 Å². The second kappa shape index (κ2) is 4.90. The first-order chi connectivity index (χ1) is 10.8. The van der Waals surface area contributed by atoms with Crippen LogP contribution in [0.3, 0.4) is 0 Å². The minimum atomic E-state index is -1.18. The van der Waals surface area contributed by atoms with Crippen molar-refractivity contribution >= 4 is 0 Å². The molecule has 2 saturated carbocycles. The summed E-state index contributed by atoms with van der Waals surface area (Å²) in [5.41, 5.74) is 0.519. The summed E-state index contributed by atoms with van der Waals surface area (Å²) in [7, 11) is 0. The van der Waals surface area contributed by atoms with Gasteiger partial charge in [0.25, 0.3) is 0 Å². The number of alkyl halides is 1. The molecule has 0 aromatic carbocycles. The Morgan fingerprint density at radius 2 is 1.91 bits per heavy atom. The quantitative estimate of drug-likeness (QED) is 0.600. The first kappa shape index (κ1) is 15.8. The maximum absolute atomic E-state index is 14.2. The van der Waals surface area contributed by atoms with Crippen LogP contribution in [0.15, 0.2) is 23.8 Å². The molecule has 0 aromatic rings. The Morgan fingerprint density at radius 1 is 1.17 bits per heavy atom. The van der Waals surface area contributed by atoms with Crippen molar-refractivity contribution in [2.24, 2.45) is 28.6 Å². The number of halogens is 1. The lowest BCUT2D eigenvalue weighted by Gasteiger charge is -2.57. The Hall–Kier alpha value is -0.710. The van der Waals surface area contributed by atoms with Crippen LogP contribution in [0.5, 0.6) is 0 Å². The van der Waals surface area contributed by atoms with Crippen molar-refractivity contribution in [1.29, 1.82) is 0 Å². The molecule has 3 nitrogen and oxygen atoms in total. The Balaban J connectivity index is 1.76. The van der Waals surface area contributed by atoms with E-state index in [2.05, 4.69) is 13.0 Å². The number of rotatable bonds is 0. The van der Waals surface area contributed by atoms with Gasteiger partial charge in [-0.2, -0.15) is 0 Å². The van der Waals surface area contributed by atoms with Crippen molar-refractivity contribution in [1.82, 2.24) is 0 Å². The molecule has 0 amide bonds. The lowest BCUT2D eigenvalue weighted by atomic mass is 9.48. The predicted octanol–water partition coefficient (Wildman–Crippen LogP) is 2.37. The highest BCUT2D eigenvalue weighted by Crippen LogP contribution is 2.64. The molecule has 9 atom stereocenters. The Labute approximate surface area is 136 Å². The number of allylic oxidation sites excluding steroid dienone is 1. The summed E-state index contributed by atoms with van der Waals surface area (Å²) < 4.78 is 14.2. The van der Waals surface area contributed by atoms with Crippen molar-refractivity contribution in [3.8, 4) is 0 Å². The SMILES string of the molecule is C[C@]12C=CC(O)CC1=CC(O)[C@@H]1[C@H]2CC[C@]2(C)C(O)C(F)C[C@@H]12. The third-order valence-electron chi connectivity index (χ3n) is 7.59. The fraction of sp³-hybridized carbons (Fsp3) is 0.789. The summed E-state index contributed by atoms with van der Waals surface area (Å²) in [6, 6.07) is 0. The van der Waals surface area contributed by atoms with Crippen molar-refractivity contribution in [3.63, 3.8) is 0 Å². The molecule has 0 saturated heterocycles. The van der Waals surface area contributed by atoms with E-state index in [1.165, 1.54) is 0 Å². The van der Waals surface area contributed by atoms with Gasteiger partial charge < -0.3 is 15.3 Å². The van der Waals surface area contributed by atoms with E-state index < -0.39 is 29.9 Å². The van der Waals surface area contributed by atoms with E-state index >= 15 is 0 Å². The fourth-order valence-electron chi connectivity index (χ4n) is 6.18. The van der Waals surface area contributed by atoms with Gasteiger partial charge in [-0.1, -0.05) is 37.6 Å². The van der Waals surface area contributed by atoms with Gasteiger partial charge in [-0.3, -0.25) is 0 Å². The number of aliphatic hydroxyl groups is 3. The molecule has 4 unspecified atom stereocenters. The van der Waals surface area contributed by atoms with Crippen molar-refractivity contribution in [2.75, 3.05) is 0 Å². The van der Waals surface area contributed by atoms with Gasteiger partial charge in [0.2, 0.25) is 0 Å². The number of fused-ring (bicyclic) bond motifs is 5. The molecule has 4 heteroatoms. The predicted molar refractivity (Wildman–Crippen MR) is 85.3 cm³/mol. The maximum Gasteiger partial charge on any atom is 0.127 e. The van der Waals surface area contributed by atoms with Crippen LogP contribution < -0.4 is 0 Å². The lowest BCUT2D eigenvalue weighted by molar-refractivity contribution is -0.0939. The molecule has 23 heavy (non-hydrogen) atoms. The van der Waals surface area contributed by atoms with Gasteiger partial charge in [0.15, 0.2) is 0 Å². The molecule has 0 radical (unpaired) electrons. The van der Waals surface area contributed by atoms with Gasteiger partial charge in [-0.05, 0) is 48.9 Å². The zero-order valence-electron chi connectivity index (χ0n) is 13.8. The third kappa shape index (κ3) is 1.98. The summed E-state index contributed by atoms with van der Waals surface area (Å²) in [4.78, 5) is 0. The Bertz CT molecular complexity index is 573. The highest BCUT2D eigenvalue weighted by Gasteiger charge is 2.62. The van der Waals surface area contributed by atoms with Crippen LogP contribution in [-0.2, 0) is 0 Å². The molecule has 0 bridgehead atoms.